The van der Waals surface area contributed by atoms with Gasteiger partial charge in [0.05, 0.1) is 0 Å². The average Bonchev–Trinajstić information content (AvgIpc) is 2.36. The fourth-order valence-electron chi connectivity index (χ4n) is 2.13. The number of benzene rings is 1. The molecule has 5 heteroatoms. The Kier molecular flexibility index (Phi) is 6.34. The lowest BCUT2D eigenvalue weighted by atomic mass is 9.98. The molecule has 1 rings (SSSR count). The Morgan fingerprint density at radius 3 is 2.52 bits per heavy atom. The Morgan fingerprint density at radius 1 is 1.24 bits per heavy atom. The zero-order chi connectivity index (χ0) is 15.9. The van der Waals surface area contributed by atoms with Gasteiger partial charge in [-0.05, 0) is 44.7 Å². The van der Waals surface area contributed by atoms with E-state index in [0.717, 1.165) is 0 Å². The summed E-state index contributed by atoms with van der Waals surface area (Å²) in [7, 11) is 0. The van der Waals surface area contributed by atoms with Crippen LogP contribution in [0.4, 0.5) is 9.18 Å². The largest absolute Gasteiger partial charge is 0.444 e. The van der Waals surface area contributed by atoms with Gasteiger partial charge in [-0.2, -0.15) is 0 Å². The van der Waals surface area contributed by atoms with Crippen LogP contribution < -0.4 is 5.73 Å². The zero-order valence-electron chi connectivity index (χ0n) is 12.5. The van der Waals surface area contributed by atoms with Gasteiger partial charge in [-0.3, -0.25) is 4.79 Å². The summed E-state index contributed by atoms with van der Waals surface area (Å²) < 4.78 is 18.3. The van der Waals surface area contributed by atoms with E-state index in [2.05, 4.69) is 0 Å². The van der Waals surface area contributed by atoms with Gasteiger partial charge in [0.25, 0.3) is 0 Å². The number of carbonyl (C=O) groups excluding carboxylic acids is 2. The quantitative estimate of drug-likeness (QED) is 0.799. The Bertz CT molecular complexity index is 500. The van der Waals surface area contributed by atoms with Crippen LogP contribution in [0.1, 0.15) is 45.1 Å². The van der Waals surface area contributed by atoms with Crippen LogP contribution in [-0.4, -0.2) is 17.5 Å². The molecule has 4 nitrogen and oxygen atoms in total. The highest BCUT2D eigenvalue weighted by Crippen LogP contribution is 2.18. The number of primary amides is 1. The van der Waals surface area contributed by atoms with Gasteiger partial charge in [-0.25, -0.2) is 9.18 Å². The molecule has 0 aliphatic heterocycles. The van der Waals surface area contributed by atoms with Crippen molar-refractivity contribution < 1.29 is 18.7 Å². The molecule has 0 aliphatic rings. The van der Waals surface area contributed by atoms with Crippen LogP contribution in [0.15, 0.2) is 24.3 Å². The van der Waals surface area contributed by atoms with Gasteiger partial charge >= 0.3 is 6.09 Å². The van der Waals surface area contributed by atoms with Gasteiger partial charge in [0, 0.05) is 12.8 Å². The number of carbonyl (C=O) groups is 2. The van der Waals surface area contributed by atoms with Crippen molar-refractivity contribution in [3.05, 3.63) is 35.6 Å². The Balaban J connectivity index is 2.29. The first-order chi connectivity index (χ1) is 9.80. The van der Waals surface area contributed by atoms with E-state index in [1.165, 1.54) is 6.07 Å². The number of nitrogens with two attached hydrogens (primary N) is 1. The number of ether oxygens (including phenoxy) is 1. The van der Waals surface area contributed by atoms with E-state index < -0.39 is 11.7 Å². The smallest absolute Gasteiger partial charge is 0.405 e. The van der Waals surface area contributed by atoms with Crippen LogP contribution in [0.25, 0.3) is 0 Å². The van der Waals surface area contributed by atoms with E-state index >= 15 is 0 Å². The van der Waals surface area contributed by atoms with Gasteiger partial charge in [0.15, 0.2) is 0 Å². The monoisotopic (exact) mass is 295 g/mol. The van der Waals surface area contributed by atoms with E-state index in [0.29, 0.717) is 37.7 Å². The van der Waals surface area contributed by atoms with Crippen LogP contribution >= 0.6 is 0 Å². The van der Waals surface area contributed by atoms with E-state index in [4.69, 9.17) is 10.5 Å². The normalized spacial score (nSPS) is 11.2. The van der Waals surface area contributed by atoms with Gasteiger partial charge in [-0.15, -0.1) is 0 Å². The molecule has 1 amide bonds. The fraction of sp³-hybridized carbons (Fsp3) is 0.500. The number of aryl methyl sites for hydroxylation is 1. The van der Waals surface area contributed by atoms with Crippen molar-refractivity contribution in [3.63, 3.8) is 0 Å². The van der Waals surface area contributed by atoms with Crippen LogP contribution in [0.3, 0.4) is 0 Å². The fourth-order valence-corrected chi connectivity index (χ4v) is 2.13. The Labute approximate surface area is 124 Å². The maximum Gasteiger partial charge on any atom is 0.405 e. The standard InChI is InChI=1S/C16H22FNO3/c1-16(2,21-15(18)20)11-5-7-13(19)10-9-12-6-3-4-8-14(12)17/h3-4,6,8H,5,7,9-11H2,1-2H3,(H2,18,20). The van der Waals surface area contributed by atoms with Crippen molar-refractivity contribution in [2.75, 3.05) is 0 Å². The average molecular weight is 295 g/mol. The molecule has 0 fully saturated rings. The molecule has 0 radical (unpaired) electrons. The maximum absolute atomic E-state index is 13.4. The highest BCUT2D eigenvalue weighted by atomic mass is 19.1. The molecule has 0 aliphatic carbocycles. The summed E-state index contributed by atoms with van der Waals surface area (Å²) in [6.07, 6.45) is 1.47. The molecule has 0 saturated carbocycles. The predicted octanol–water partition coefficient (Wildman–Crippen LogP) is 3.37. The van der Waals surface area contributed by atoms with Gasteiger partial charge < -0.3 is 10.5 Å². The van der Waals surface area contributed by atoms with Crippen molar-refractivity contribution in [1.29, 1.82) is 0 Å². The molecule has 0 unspecified atom stereocenters. The lowest BCUT2D eigenvalue weighted by Gasteiger charge is -2.23. The molecular formula is C16H22FNO3. The summed E-state index contributed by atoms with van der Waals surface area (Å²) >= 11 is 0. The number of ketones is 1. The minimum Gasteiger partial charge on any atom is -0.444 e. The van der Waals surface area contributed by atoms with Gasteiger partial charge in [-0.1, -0.05) is 18.2 Å². The van der Waals surface area contributed by atoms with E-state index in [9.17, 15) is 14.0 Å². The number of hydrogen-bond donors (Lipinski definition) is 1. The van der Waals surface area contributed by atoms with Crippen molar-refractivity contribution in [3.8, 4) is 0 Å². The highest BCUT2D eigenvalue weighted by molar-refractivity contribution is 5.78. The van der Waals surface area contributed by atoms with Crippen molar-refractivity contribution in [2.24, 2.45) is 5.73 Å². The molecular weight excluding hydrogens is 273 g/mol. The summed E-state index contributed by atoms with van der Waals surface area (Å²) in [5.74, 6) is -0.200. The highest BCUT2D eigenvalue weighted by Gasteiger charge is 2.21. The first kappa shape index (κ1) is 17.1. The van der Waals surface area contributed by atoms with E-state index in [1.807, 2.05) is 0 Å². The van der Waals surface area contributed by atoms with Crippen LogP contribution in [0.2, 0.25) is 0 Å². The molecule has 2 N–H and O–H groups in total. The lowest BCUT2D eigenvalue weighted by molar-refractivity contribution is -0.119. The third-order valence-electron chi connectivity index (χ3n) is 3.24. The molecule has 0 spiro atoms. The third-order valence-corrected chi connectivity index (χ3v) is 3.24. The van der Waals surface area contributed by atoms with Gasteiger partial charge in [0.1, 0.15) is 17.2 Å². The second kappa shape index (κ2) is 7.76. The molecule has 0 aromatic heterocycles. The van der Waals surface area contributed by atoms with Crippen molar-refractivity contribution in [1.82, 2.24) is 0 Å². The summed E-state index contributed by atoms with van der Waals surface area (Å²) in [6.45, 7) is 3.50. The number of amides is 1. The number of halogens is 1. The lowest BCUT2D eigenvalue weighted by Crippen LogP contribution is -2.31. The van der Waals surface area contributed by atoms with Crippen LogP contribution in [0.5, 0.6) is 0 Å². The number of rotatable bonds is 8. The number of hydrogen-bond acceptors (Lipinski definition) is 3. The summed E-state index contributed by atoms with van der Waals surface area (Å²) in [5, 5.41) is 0. The Morgan fingerprint density at radius 2 is 1.90 bits per heavy atom. The second-order valence-electron chi connectivity index (χ2n) is 5.66. The molecule has 21 heavy (non-hydrogen) atoms. The summed E-state index contributed by atoms with van der Waals surface area (Å²) in [5.41, 5.74) is 4.86. The van der Waals surface area contributed by atoms with Gasteiger partial charge in [0.2, 0.25) is 0 Å². The molecule has 116 valence electrons. The molecule has 0 saturated heterocycles. The zero-order valence-corrected chi connectivity index (χ0v) is 12.5. The van der Waals surface area contributed by atoms with Crippen molar-refractivity contribution in [2.45, 2.75) is 51.6 Å². The SMILES string of the molecule is CC(C)(CCCC(=O)CCc1ccccc1F)OC(N)=O. The van der Waals surface area contributed by atoms with Crippen molar-refractivity contribution >= 4 is 11.9 Å². The second-order valence-corrected chi connectivity index (χ2v) is 5.66. The molecule has 1 aromatic rings. The topological polar surface area (TPSA) is 69.4 Å². The van der Waals surface area contributed by atoms with E-state index in [-0.39, 0.29) is 11.6 Å². The van der Waals surface area contributed by atoms with E-state index in [1.54, 1.807) is 32.0 Å². The molecule has 1 aromatic carbocycles. The number of Topliss-reactive ketones (excluding diaryl/α,β-unsaturated/α-hetero) is 1. The summed E-state index contributed by atoms with van der Waals surface area (Å²) in [6, 6.07) is 6.46. The summed E-state index contributed by atoms with van der Waals surface area (Å²) in [4.78, 5) is 22.5. The maximum atomic E-state index is 13.4. The molecule has 0 atom stereocenters. The molecule has 0 heterocycles. The minimum absolute atomic E-state index is 0.0770. The Hall–Kier alpha value is -1.91. The molecule has 0 bridgehead atoms. The predicted molar refractivity (Wildman–Crippen MR) is 78.3 cm³/mol. The van der Waals surface area contributed by atoms with Crippen LogP contribution in [-0.2, 0) is 16.0 Å². The van der Waals surface area contributed by atoms with Crippen LogP contribution in [0, 0.1) is 5.82 Å². The first-order valence-electron chi connectivity index (χ1n) is 7.04. The minimum atomic E-state index is -0.814. The third kappa shape index (κ3) is 6.88. The first-order valence-corrected chi connectivity index (χ1v) is 7.04.